The van der Waals surface area contributed by atoms with Crippen LogP contribution in [0.15, 0.2) is 69.0 Å². The molecule has 2 aromatic carbocycles. The third kappa shape index (κ3) is 1.44. The van der Waals surface area contributed by atoms with Crippen LogP contribution in [-0.4, -0.2) is 13.8 Å². The molecule has 0 N–H and O–H groups in total. The van der Waals surface area contributed by atoms with Crippen molar-refractivity contribution in [2.75, 3.05) is 0 Å². The molecule has 0 atom stereocenters. The van der Waals surface area contributed by atoms with Crippen LogP contribution in [-0.2, 0) is 0 Å². The minimum absolute atomic E-state index is 0.0504. The minimum atomic E-state index is -0.531. The molecule has 0 aliphatic heterocycles. The first-order valence-electron chi connectivity index (χ1n) is 7.38. The number of fused-ring (bicyclic) bond motifs is 5. The molecule has 0 amide bonds. The number of pyridine rings is 1. The van der Waals surface area contributed by atoms with Gasteiger partial charge in [0.2, 0.25) is 5.78 Å². The number of nitrogens with zero attached hydrogens (tertiary/aromatic N) is 3. The van der Waals surface area contributed by atoms with Crippen molar-refractivity contribution in [3.8, 4) is 0 Å². The van der Waals surface area contributed by atoms with Gasteiger partial charge in [-0.25, -0.2) is 13.8 Å². The van der Waals surface area contributed by atoms with Crippen molar-refractivity contribution in [2.24, 2.45) is 0 Å². The molecule has 0 aliphatic carbocycles. The Hall–Kier alpha value is -3.54. The average molecular weight is 315 g/mol. The topological polar surface area (TPSA) is 72.9 Å². The Morgan fingerprint density at radius 1 is 0.708 bits per heavy atom. The van der Waals surface area contributed by atoms with Crippen LogP contribution < -0.4 is 16.7 Å². The second-order valence-electron chi connectivity index (χ2n) is 5.63. The first-order valence-corrected chi connectivity index (χ1v) is 7.38. The van der Waals surface area contributed by atoms with E-state index in [1.54, 1.807) is 54.6 Å². The highest BCUT2D eigenvalue weighted by molar-refractivity contribution is 5.87. The molecule has 0 unspecified atom stereocenters. The van der Waals surface area contributed by atoms with Crippen LogP contribution in [0, 0.1) is 0 Å². The number of rotatable bonds is 0. The first kappa shape index (κ1) is 13.0. The van der Waals surface area contributed by atoms with Crippen molar-refractivity contribution in [1.29, 1.82) is 0 Å². The van der Waals surface area contributed by atoms with Gasteiger partial charge in [-0.1, -0.05) is 30.3 Å². The lowest BCUT2D eigenvalue weighted by molar-refractivity contribution is 1.02. The Balaban J connectivity index is 2.21. The predicted molar refractivity (Wildman–Crippen MR) is 91.2 cm³/mol. The lowest BCUT2D eigenvalue weighted by atomic mass is 10.1. The lowest BCUT2D eigenvalue weighted by Gasteiger charge is -2.00. The monoisotopic (exact) mass is 315 g/mol. The van der Waals surface area contributed by atoms with E-state index in [1.807, 2.05) is 0 Å². The summed E-state index contributed by atoms with van der Waals surface area (Å²) in [7, 11) is 0. The van der Waals surface area contributed by atoms with Gasteiger partial charge in [-0.3, -0.25) is 14.4 Å². The van der Waals surface area contributed by atoms with Crippen molar-refractivity contribution < 1.29 is 0 Å². The fraction of sp³-hybridized carbons (Fsp3) is 0. The summed E-state index contributed by atoms with van der Waals surface area (Å²) in [5.74, 6) is 0.0504. The summed E-state index contributed by atoms with van der Waals surface area (Å²) in [5.41, 5.74) is -0.748. The van der Waals surface area contributed by atoms with E-state index in [0.29, 0.717) is 21.7 Å². The van der Waals surface area contributed by atoms with Crippen LogP contribution >= 0.6 is 0 Å². The lowest BCUT2D eigenvalue weighted by Crippen LogP contribution is -2.23. The quantitative estimate of drug-likeness (QED) is 0.433. The van der Waals surface area contributed by atoms with Crippen LogP contribution in [0.2, 0.25) is 0 Å². The van der Waals surface area contributed by atoms with Crippen LogP contribution in [0.5, 0.6) is 0 Å². The maximum Gasteiger partial charge on any atom is 0.284 e. The van der Waals surface area contributed by atoms with E-state index in [4.69, 9.17) is 0 Å². The molecule has 5 aromatic rings. The zero-order valence-corrected chi connectivity index (χ0v) is 12.3. The molecule has 3 heterocycles. The van der Waals surface area contributed by atoms with Gasteiger partial charge in [-0.2, -0.15) is 0 Å². The molecule has 0 saturated heterocycles. The minimum Gasteiger partial charge on any atom is -0.268 e. The summed E-state index contributed by atoms with van der Waals surface area (Å²) in [6.07, 6.45) is 0. The first-order chi connectivity index (χ1) is 11.7. The molecule has 0 radical (unpaired) electrons. The molecular formula is C18H9N3O3. The van der Waals surface area contributed by atoms with Crippen molar-refractivity contribution in [3.05, 3.63) is 85.7 Å². The number of hydrogen-bond acceptors (Lipinski definition) is 4. The third-order valence-corrected chi connectivity index (χ3v) is 4.31. The second kappa shape index (κ2) is 4.26. The smallest absolute Gasteiger partial charge is 0.268 e. The summed E-state index contributed by atoms with van der Waals surface area (Å²) >= 11 is 0. The molecule has 114 valence electrons. The molecular weight excluding hydrogens is 306 g/mol. The number of hydrogen-bond donors (Lipinski definition) is 0. The Kier molecular flexibility index (Phi) is 2.30. The largest absolute Gasteiger partial charge is 0.284 e. The predicted octanol–water partition coefficient (Wildman–Crippen LogP) is 1.41. The van der Waals surface area contributed by atoms with Gasteiger partial charge < -0.3 is 0 Å². The van der Waals surface area contributed by atoms with E-state index >= 15 is 0 Å². The maximum atomic E-state index is 12.8. The van der Waals surface area contributed by atoms with Gasteiger partial charge in [0.15, 0.2) is 0 Å². The van der Waals surface area contributed by atoms with E-state index in [2.05, 4.69) is 4.98 Å². The molecule has 0 saturated carbocycles. The van der Waals surface area contributed by atoms with Gasteiger partial charge in [-0.05, 0) is 29.7 Å². The molecule has 6 heteroatoms. The van der Waals surface area contributed by atoms with Gasteiger partial charge in [0.25, 0.3) is 16.7 Å². The van der Waals surface area contributed by atoms with Gasteiger partial charge in [0.05, 0.1) is 10.9 Å². The van der Waals surface area contributed by atoms with Crippen LogP contribution in [0.25, 0.3) is 33.0 Å². The summed E-state index contributed by atoms with van der Waals surface area (Å²) < 4.78 is 2.19. The Morgan fingerprint density at radius 2 is 1.38 bits per heavy atom. The normalized spacial score (nSPS) is 11.8. The highest BCUT2D eigenvalue weighted by Crippen LogP contribution is 2.14. The molecule has 0 aliphatic rings. The van der Waals surface area contributed by atoms with E-state index in [-0.39, 0.29) is 16.9 Å². The highest BCUT2D eigenvalue weighted by atomic mass is 16.2. The van der Waals surface area contributed by atoms with E-state index < -0.39 is 11.1 Å². The number of benzene rings is 2. The average Bonchev–Trinajstić information content (AvgIpc) is 2.88. The van der Waals surface area contributed by atoms with Gasteiger partial charge in [0, 0.05) is 5.39 Å². The number of aromatic nitrogens is 3. The number of para-hydroxylation sites is 1. The zero-order valence-electron chi connectivity index (χ0n) is 12.3. The molecule has 0 bridgehead atoms. The molecule has 0 spiro atoms. The fourth-order valence-corrected chi connectivity index (χ4v) is 3.18. The molecule has 24 heavy (non-hydrogen) atoms. The van der Waals surface area contributed by atoms with Crippen molar-refractivity contribution >= 4 is 33.0 Å². The fourth-order valence-electron chi connectivity index (χ4n) is 3.18. The second-order valence-corrected chi connectivity index (χ2v) is 5.63. The molecule has 5 rings (SSSR count). The third-order valence-electron chi connectivity index (χ3n) is 4.31. The zero-order chi connectivity index (χ0) is 16.4. The van der Waals surface area contributed by atoms with Crippen molar-refractivity contribution in [2.45, 2.75) is 0 Å². The molecule has 6 nitrogen and oxygen atoms in total. The van der Waals surface area contributed by atoms with Crippen LogP contribution in [0.4, 0.5) is 0 Å². The molecule has 0 fully saturated rings. The van der Waals surface area contributed by atoms with E-state index in [0.717, 1.165) is 4.40 Å². The van der Waals surface area contributed by atoms with E-state index in [9.17, 15) is 14.4 Å². The van der Waals surface area contributed by atoms with Crippen molar-refractivity contribution in [1.82, 2.24) is 13.8 Å². The summed E-state index contributed by atoms with van der Waals surface area (Å²) in [6, 6.07) is 15.4. The summed E-state index contributed by atoms with van der Waals surface area (Å²) in [4.78, 5) is 42.6. The van der Waals surface area contributed by atoms with Gasteiger partial charge in [-0.15, -0.1) is 0 Å². The molecule has 3 aromatic heterocycles. The summed E-state index contributed by atoms with van der Waals surface area (Å²) in [6.45, 7) is 0. The maximum absolute atomic E-state index is 12.8. The highest BCUT2D eigenvalue weighted by Gasteiger charge is 2.17. The summed E-state index contributed by atoms with van der Waals surface area (Å²) in [5, 5.41) is 1.48. The Labute approximate surface area is 133 Å². The SMILES string of the molecule is O=c1c2ccccc2nc2n1c(=O)c1cc3ccccc3c(=O)n12. The standard InChI is InChI=1S/C18H9N3O3/c22-15-11-6-2-1-5-10(11)9-14-17(24)21-16(23)12-7-3-4-8-13(12)19-18(21)20(14)15/h1-9H. The van der Waals surface area contributed by atoms with E-state index in [1.165, 1.54) is 4.40 Å². The Morgan fingerprint density at radius 3 is 2.21 bits per heavy atom. The van der Waals surface area contributed by atoms with Crippen LogP contribution in [0.3, 0.4) is 0 Å². The Bertz CT molecular complexity index is 1460. The van der Waals surface area contributed by atoms with Crippen molar-refractivity contribution in [3.63, 3.8) is 0 Å². The van der Waals surface area contributed by atoms with Crippen LogP contribution in [0.1, 0.15) is 0 Å². The van der Waals surface area contributed by atoms with Gasteiger partial charge in [0.1, 0.15) is 5.52 Å². The van der Waals surface area contributed by atoms with Gasteiger partial charge >= 0.3 is 0 Å². The number of imidazole rings is 1.